The van der Waals surface area contributed by atoms with Crippen molar-refractivity contribution < 1.29 is 4.74 Å². The molecule has 0 amide bonds. The topological polar surface area (TPSA) is 38.5 Å². The molecular weight excluding hydrogens is 224 g/mol. The lowest BCUT2D eigenvalue weighted by atomic mass is 10.2. The summed E-state index contributed by atoms with van der Waals surface area (Å²) in [5.41, 5.74) is 8.29. The first-order chi connectivity index (χ1) is 8.71. The van der Waals surface area contributed by atoms with Crippen LogP contribution in [0.1, 0.15) is 25.8 Å². The molecule has 0 aliphatic heterocycles. The van der Waals surface area contributed by atoms with E-state index in [-0.39, 0.29) is 6.10 Å². The molecule has 3 nitrogen and oxygen atoms in total. The molecule has 3 heteroatoms. The van der Waals surface area contributed by atoms with Gasteiger partial charge >= 0.3 is 0 Å². The van der Waals surface area contributed by atoms with Gasteiger partial charge < -0.3 is 15.4 Å². The van der Waals surface area contributed by atoms with E-state index >= 15 is 0 Å². The van der Waals surface area contributed by atoms with Crippen LogP contribution >= 0.6 is 0 Å². The second kappa shape index (κ2) is 8.11. The Bertz CT molecular complexity index is 341. The summed E-state index contributed by atoms with van der Waals surface area (Å²) >= 11 is 0. The zero-order valence-corrected chi connectivity index (χ0v) is 11.9. The van der Waals surface area contributed by atoms with Crippen LogP contribution in [-0.2, 0) is 4.74 Å². The van der Waals surface area contributed by atoms with Gasteiger partial charge in [-0.25, -0.2) is 0 Å². The van der Waals surface area contributed by atoms with Crippen molar-refractivity contribution in [3.05, 3.63) is 29.8 Å². The van der Waals surface area contributed by atoms with Crippen molar-refractivity contribution in [3.8, 4) is 0 Å². The van der Waals surface area contributed by atoms with Gasteiger partial charge in [0.2, 0.25) is 0 Å². The van der Waals surface area contributed by atoms with Crippen LogP contribution in [0.5, 0.6) is 0 Å². The van der Waals surface area contributed by atoms with Crippen LogP contribution < -0.4 is 10.6 Å². The molecule has 102 valence electrons. The lowest BCUT2D eigenvalue weighted by Crippen LogP contribution is -2.31. The van der Waals surface area contributed by atoms with Gasteiger partial charge in [-0.2, -0.15) is 0 Å². The minimum atomic E-state index is 0.175. The maximum absolute atomic E-state index is 5.71. The van der Waals surface area contributed by atoms with E-state index in [1.165, 1.54) is 11.3 Å². The number of benzene rings is 1. The van der Waals surface area contributed by atoms with E-state index in [1.54, 1.807) is 0 Å². The maximum Gasteiger partial charge on any atom is 0.0713 e. The van der Waals surface area contributed by atoms with Gasteiger partial charge in [0.25, 0.3) is 0 Å². The summed E-state index contributed by atoms with van der Waals surface area (Å²) in [7, 11) is 0. The van der Waals surface area contributed by atoms with Crippen molar-refractivity contribution in [2.45, 2.75) is 33.3 Å². The molecule has 0 heterocycles. The molecule has 0 fully saturated rings. The van der Waals surface area contributed by atoms with Gasteiger partial charge in [0.1, 0.15) is 0 Å². The minimum Gasteiger partial charge on any atom is -0.377 e. The SMILES string of the molecule is CCOC(CN)CCN(CC)c1cccc(C)c1. The van der Waals surface area contributed by atoms with E-state index in [2.05, 4.69) is 43.0 Å². The molecule has 0 radical (unpaired) electrons. The molecule has 0 bridgehead atoms. The van der Waals surface area contributed by atoms with Crippen LogP contribution in [0.2, 0.25) is 0 Å². The summed E-state index contributed by atoms with van der Waals surface area (Å²) in [6.45, 7) is 9.65. The molecule has 0 aliphatic carbocycles. The number of nitrogens with zero attached hydrogens (tertiary/aromatic N) is 1. The fraction of sp³-hybridized carbons (Fsp3) is 0.600. The van der Waals surface area contributed by atoms with Crippen LogP contribution in [0.4, 0.5) is 5.69 Å². The highest BCUT2D eigenvalue weighted by atomic mass is 16.5. The standard InChI is InChI=1S/C15H26N2O/c1-4-17(10-9-15(12-16)18-5-2)14-8-6-7-13(3)11-14/h6-8,11,15H,4-5,9-10,12,16H2,1-3H3. The molecule has 2 N–H and O–H groups in total. The van der Waals surface area contributed by atoms with E-state index in [0.717, 1.165) is 26.1 Å². The molecule has 0 saturated heterocycles. The Kier molecular flexibility index (Phi) is 6.76. The Labute approximate surface area is 111 Å². The minimum absolute atomic E-state index is 0.175. The van der Waals surface area contributed by atoms with Gasteiger partial charge in [0, 0.05) is 31.9 Å². The third kappa shape index (κ3) is 4.67. The van der Waals surface area contributed by atoms with Crippen molar-refractivity contribution >= 4 is 5.69 Å². The Morgan fingerprint density at radius 3 is 2.67 bits per heavy atom. The second-order valence-corrected chi connectivity index (χ2v) is 4.52. The second-order valence-electron chi connectivity index (χ2n) is 4.52. The average molecular weight is 250 g/mol. The number of anilines is 1. The highest BCUT2D eigenvalue weighted by molar-refractivity contribution is 5.48. The Hall–Kier alpha value is -1.06. The lowest BCUT2D eigenvalue weighted by Gasteiger charge is -2.25. The highest BCUT2D eigenvalue weighted by Crippen LogP contribution is 2.16. The predicted octanol–water partition coefficient (Wildman–Crippen LogP) is 2.58. The fourth-order valence-corrected chi connectivity index (χ4v) is 2.10. The van der Waals surface area contributed by atoms with E-state index in [0.29, 0.717) is 6.54 Å². The molecule has 1 rings (SSSR count). The van der Waals surface area contributed by atoms with Crippen LogP contribution in [0, 0.1) is 6.92 Å². The summed E-state index contributed by atoms with van der Waals surface area (Å²) in [5.74, 6) is 0. The van der Waals surface area contributed by atoms with Crippen molar-refractivity contribution in [3.63, 3.8) is 0 Å². The summed E-state index contributed by atoms with van der Waals surface area (Å²) in [4.78, 5) is 2.37. The van der Waals surface area contributed by atoms with Crippen molar-refractivity contribution in [1.29, 1.82) is 0 Å². The van der Waals surface area contributed by atoms with Crippen LogP contribution in [0.15, 0.2) is 24.3 Å². The molecule has 0 aliphatic rings. The summed E-state index contributed by atoms with van der Waals surface area (Å²) in [5, 5.41) is 0. The van der Waals surface area contributed by atoms with Crippen LogP contribution in [-0.4, -0.2) is 32.3 Å². The van der Waals surface area contributed by atoms with Crippen LogP contribution in [0.25, 0.3) is 0 Å². The van der Waals surface area contributed by atoms with Gasteiger partial charge in [-0.1, -0.05) is 12.1 Å². The van der Waals surface area contributed by atoms with E-state index in [4.69, 9.17) is 10.5 Å². The average Bonchev–Trinajstić information content (AvgIpc) is 2.38. The number of ether oxygens (including phenoxy) is 1. The van der Waals surface area contributed by atoms with E-state index < -0.39 is 0 Å². The number of rotatable bonds is 8. The van der Waals surface area contributed by atoms with Crippen molar-refractivity contribution in [2.75, 3.05) is 31.1 Å². The van der Waals surface area contributed by atoms with Crippen LogP contribution in [0.3, 0.4) is 0 Å². The third-order valence-corrected chi connectivity index (χ3v) is 3.13. The first kappa shape index (κ1) is 15.0. The Balaban J connectivity index is 2.56. The first-order valence-electron chi connectivity index (χ1n) is 6.84. The molecule has 0 saturated carbocycles. The Morgan fingerprint density at radius 2 is 2.11 bits per heavy atom. The van der Waals surface area contributed by atoms with E-state index in [1.807, 2.05) is 6.92 Å². The van der Waals surface area contributed by atoms with E-state index in [9.17, 15) is 0 Å². The summed E-state index contributed by atoms with van der Waals surface area (Å²) < 4.78 is 5.59. The third-order valence-electron chi connectivity index (χ3n) is 3.13. The predicted molar refractivity (Wildman–Crippen MR) is 78.2 cm³/mol. The normalized spacial score (nSPS) is 12.4. The van der Waals surface area contributed by atoms with Gasteiger partial charge in [-0.3, -0.25) is 0 Å². The molecule has 1 atom stereocenters. The summed E-state index contributed by atoms with van der Waals surface area (Å²) in [6.07, 6.45) is 1.15. The van der Waals surface area contributed by atoms with Gasteiger partial charge in [-0.05, 0) is 44.9 Å². The first-order valence-corrected chi connectivity index (χ1v) is 6.84. The zero-order chi connectivity index (χ0) is 13.4. The fourth-order valence-electron chi connectivity index (χ4n) is 2.10. The van der Waals surface area contributed by atoms with Gasteiger partial charge in [0.15, 0.2) is 0 Å². The number of nitrogens with two attached hydrogens (primary N) is 1. The number of hydrogen-bond acceptors (Lipinski definition) is 3. The number of hydrogen-bond donors (Lipinski definition) is 1. The van der Waals surface area contributed by atoms with Gasteiger partial charge in [0.05, 0.1) is 6.10 Å². The molecule has 1 aromatic rings. The molecule has 18 heavy (non-hydrogen) atoms. The largest absolute Gasteiger partial charge is 0.377 e. The Morgan fingerprint density at radius 1 is 1.33 bits per heavy atom. The molecule has 0 spiro atoms. The quantitative estimate of drug-likeness (QED) is 0.770. The highest BCUT2D eigenvalue weighted by Gasteiger charge is 2.10. The summed E-state index contributed by atoms with van der Waals surface area (Å²) in [6, 6.07) is 8.62. The van der Waals surface area contributed by atoms with Crippen molar-refractivity contribution in [1.82, 2.24) is 0 Å². The molecular formula is C15H26N2O. The lowest BCUT2D eigenvalue weighted by molar-refractivity contribution is 0.0644. The molecule has 0 aromatic heterocycles. The molecule has 1 unspecified atom stereocenters. The maximum atomic E-state index is 5.71. The van der Waals surface area contributed by atoms with Crippen molar-refractivity contribution in [2.24, 2.45) is 5.73 Å². The zero-order valence-electron chi connectivity index (χ0n) is 11.9. The molecule has 1 aromatic carbocycles. The van der Waals surface area contributed by atoms with Gasteiger partial charge in [-0.15, -0.1) is 0 Å². The smallest absolute Gasteiger partial charge is 0.0713 e. The monoisotopic (exact) mass is 250 g/mol. The number of aryl methyl sites for hydroxylation is 1.